The monoisotopic (exact) mass is 285 g/mol. The molecule has 1 aromatic heterocycles. The number of nitrogens with one attached hydrogen (secondary N) is 1. The SMILES string of the molecule is O=C(C1CC1)N1CCc2[nH]nc(-c3ccccc3F)c2C1. The van der Waals surface area contributed by atoms with Gasteiger partial charge in [-0.2, -0.15) is 5.10 Å². The maximum Gasteiger partial charge on any atom is 0.225 e. The molecule has 0 radical (unpaired) electrons. The zero-order valence-corrected chi connectivity index (χ0v) is 11.6. The van der Waals surface area contributed by atoms with E-state index in [0.29, 0.717) is 17.8 Å². The number of nitrogens with zero attached hydrogens (tertiary/aromatic N) is 2. The van der Waals surface area contributed by atoms with E-state index < -0.39 is 0 Å². The highest BCUT2D eigenvalue weighted by atomic mass is 19.1. The molecule has 4 nitrogen and oxygen atoms in total. The van der Waals surface area contributed by atoms with Crippen LogP contribution in [0, 0.1) is 11.7 Å². The van der Waals surface area contributed by atoms with Crippen LogP contribution < -0.4 is 0 Å². The summed E-state index contributed by atoms with van der Waals surface area (Å²) < 4.78 is 14.0. The Kier molecular flexibility index (Phi) is 2.80. The minimum atomic E-state index is -0.280. The van der Waals surface area contributed by atoms with Crippen LogP contribution in [0.5, 0.6) is 0 Å². The number of amides is 1. The molecule has 0 unspecified atom stereocenters. The third-order valence-electron chi connectivity index (χ3n) is 4.30. The minimum absolute atomic E-state index is 0.218. The molecule has 1 saturated carbocycles. The summed E-state index contributed by atoms with van der Waals surface area (Å²) in [5.41, 5.74) is 3.11. The van der Waals surface area contributed by atoms with E-state index in [1.54, 1.807) is 18.2 Å². The van der Waals surface area contributed by atoms with Crippen molar-refractivity contribution in [3.63, 3.8) is 0 Å². The van der Waals surface area contributed by atoms with Crippen molar-refractivity contribution in [2.24, 2.45) is 5.92 Å². The van der Waals surface area contributed by atoms with Crippen molar-refractivity contribution < 1.29 is 9.18 Å². The van der Waals surface area contributed by atoms with E-state index in [9.17, 15) is 9.18 Å². The predicted molar refractivity (Wildman–Crippen MR) is 75.8 cm³/mol. The lowest BCUT2D eigenvalue weighted by Gasteiger charge is -2.27. The minimum Gasteiger partial charge on any atom is -0.338 e. The Bertz CT molecular complexity index is 705. The molecule has 2 heterocycles. The number of carbonyl (C=O) groups excluding carboxylic acids is 1. The number of hydrogen-bond donors (Lipinski definition) is 1. The molecular formula is C16H16FN3O. The number of aromatic amines is 1. The van der Waals surface area contributed by atoms with E-state index in [0.717, 1.165) is 37.1 Å². The molecule has 1 aromatic carbocycles. The number of benzene rings is 1. The van der Waals surface area contributed by atoms with Crippen molar-refractivity contribution in [1.29, 1.82) is 0 Å². The molecule has 1 amide bonds. The Hall–Kier alpha value is -2.17. The number of rotatable bonds is 2. The third-order valence-corrected chi connectivity index (χ3v) is 4.30. The number of fused-ring (bicyclic) bond motifs is 1. The molecular weight excluding hydrogens is 269 g/mol. The van der Waals surface area contributed by atoms with Crippen molar-refractivity contribution >= 4 is 5.91 Å². The summed E-state index contributed by atoms with van der Waals surface area (Å²) in [4.78, 5) is 14.1. The average Bonchev–Trinajstić information content (AvgIpc) is 3.27. The Morgan fingerprint density at radius 2 is 2.14 bits per heavy atom. The van der Waals surface area contributed by atoms with Gasteiger partial charge in [-0.3, -0.25) is 9.89 Å². The second-order valence-corrected chi connectivity index (χ2v) is 5.79. The van der Waals surface area contributed by atoms with E-state index in [1.165, 1.54) is 6.07 Å². The van der Waals surface area contributed by atoms with Gasteiger partial charge in [0.25, 0.3) is 0 Å². The highest BCUT2D eigenvalue weighted by molar-refractivity contribution is 5.81. The summed E-state index contributed by atoms with van der Waals surface area (Å²) >= 11 is 0. The summed E-state index contributed by atoms with van der Waals surface area (Å²) in [5, 5.41) is 7.28. The van der Waals surface area contributed by atoms with E-state index in [2.05, 4.69) is 10.2 Å². The average molecular weight is 285 g/mol. The van der Waals surface area contributed by atoms with Crippen LogP contribution >= 0.6 is 0 Å². The summed E-state index contributed by atoms with van der Waals surface area (Å²) in [6.07, 6.45) is 2.77. The molecule has 0 saturated heterocycles. The van der Waals surface area contributed by atoms with Crippen molar-refractivity contribution in [2.75, 3.05) is 6.54 Å². The van der Waals surface area contributed by atoms with Crippen molar-refractivity contribution in [3.8, 4) is 11.3 Å². The van der Waals surface area contributed by atoms with Crippen LogP contribution in [0.4, 0.5) is 4.39 Å². The smallest absolute Gasteiger partial charge is 0.225 e. The molecule has 1 aliphatic carbocycles. The summed E-state index contributed by atoms with van der Waals surface area (Å²) in [6.45, 7) is 1.26. The number of aromatic nitrogens is 2. The van der Waals surface area contributed by atoms with Crippen LogP contribution in [-0.4, -0.2) is 27.5 Å². The lowest BCUT2D eigenvalue weighted by molar-refractivity contribution is -0.133. The predicted octanol–water partition coefficient (Wildman–Crippen LogP) is 2.51. The first-order valence-corrected chi connectivity index (χ1v) is 7.34. The fraction of sp³-hybridized carbons (Fsp3) is 0.375. The molecule has 0 bridgehead atoms. The molecule has 4 rings (SSSR count). The van der Waals surface area contributed by atoms with Gasteiger partial charge in [0, 0.05) is 42.2 Å². The van der Waals surface area contributed by atoms with Gasteiger partial charge in [0.05, 0.1) is 0 Å². The molecule has 1 aliphatic heterocycles. The number of H-pyrrole nitrogens is 1. The number of carbonyl (C=O) groups is 1. The Labute approximate surface area is 122 Å². The first kappa shape index (κ1) is 12.6. The molecule has 5 heteroatoms. The normalized spacial score (nSPS) is 17.7. The van der Waals surface area contributed by atoms with Gasteiger partial charge in [-0.1, -0.05) is 12.1 Å². The maximum absolute atomic E-state index is 14.0. The molecule has 0 atom stereocenters. The van der Waals surface area contributed by atoms with E-state index in [1.807, 2.05) is 4.90 Å². The molecule has 1 fully saturated rings. The van der Waals surface area contributed by atoms with Crippen molar-refractivity contribution in [2.45, 2.75) is 25.8 Å². The quantitative estimate of drug-likeness (QED) is 0.921. The molecule has 1 N–H and O–H groups in total. The molecule has 2 aliphatic rings. The molecule has 2 aromatic rings. The Morgan fingerprint density at radius 1 is 1.33 bits per heavy atom. The van der Waals surface area contributed by atoms with Crippen molar-refractivity contribution in [3.05, 3.63) is 41.3 Å². The van der Waals surface area contributed by atoms with Crippen LogP contribution in [0.15, 0.2) is 24.3 Å². The summed E-state index contributed by atoms with van der Waals surface area (Å²) in [6, 6.07) is 6.64. The first-order chi connectivity index (χ1) is 10.2. The van der Waals surface area contributed by atoms with Gasteiger partial charge < -0.3 is 4.90 Å². The van der Waals surface area contributed by atoms with E-state index >= 15 is 0 Å². The van der Waals surface area contributed by atoms with Gasteiger partial charge in [-0.05, 0) is 25.0 Å². The van der Waals surface area contributed by atoms with Gasteiger partial charge in [0.1, 0.15) is 11.5 Å². The Balaban J connectivity index is 1.69. The third kappa shape index (κ3) is 2.13. The van der Waals surface area contributed by atoms with Gasteiger partial charge in [0.15, 0.2) is 0 Å². The molecule has 0 spiro atoms. The summed E-state index contributed by atoms with van der Waals surface area (Å²) in [7, 11) is 0. The second kappa shape index (κ2) is 4.69. The lowest BCUT2D eigenvalue weighted by atomic mass is 10.0. The highest BCUT2D eigenvalue weighted by Gasteiger charge is 2.35. The maximum atomic E-state index is 14.0. The fourth-order valence-electron chi connectivity index (χ4n) is 2.95. The fourth-order valence-corrected chi connectivity index (χ4v) is 2.95. The van der Waals surface area contributed by atoms with Gasteiger partial charge in [0.2, 0.25) is 5.91 Å². The zero-order chi connectivity index (χ0) is 14.4. The van der Waals surface area contributed by atoms with Crippen LogP contribution in [0.25, 0.3) is 11.3 Å². The van der Waals surface area contributed by atoms with Crippen LogP contribution in [0.1, 0.15) is 24.1 Å². The van der Waals surface area contributed by atoms with Gasteiger partial charge in [-0.25, -0.2) is 4.39 Å². The van der Waals surface area contributed by atoms with E-state index in [4.69, 9.17) is 0 Å². The van der Waals surface area contributed by atoms with Crippen LogP contribution in [0.3, 0.4) is 0 Å². The topological polar surface area (TPSA) is 49.0 Å². The highest BCUT2D eigenvalue weighted by Crippen LogP contribution is 2.34. The number of hydrogen-bond acceptors (Lipinski definition) is 2. The second-order valence-electron chi connectivity index (χ2n) is 5.79. The first-order valence-electron chi connectivity index (χ1n) is 7.34. The Morgan fingerprint density at radius 3 is 2.90 bits per heavy atom. The van der Waals surface area contributed by atoms with Crippen LogP contribution in [-0.2, 0) is 17.8 Å². The molecule has 108 valence electrons. The summed E-state index contributed by atoms with van der Waals surface area (Å²) in [5.74, 6) is 0.175. The zero-order valence-electron chi connectivity index (χ0n) is 11.6. The van der Waals surface area contributed by atoms with Crippen molar-refractivity contribution in [1.82, 2.24) is 15.1 Å². The van der Waals surface area contributed by atoms with E-state index in [-0.39, 0.29) is 17.6 Å². The lowest BCUT2D eigenvalue weighted by Crippen LogP contribution is -2.36. The molecule has 21 heavy (non-hydrogen) atoms. The largest absolute Gasteiger partial charge is 0.338 e. The van der Waals surface area contributed by atoms with Crippen LogP contribution in [0.2, 0.25) is 0 Å². The van der Waals surface area contributed by atoms with Gasteiger partial charge in [-0.15, -0.1) is 0 Å². The number of halogens is 1. The standard InChI is InChI=1S/C16H16FN3O/c17-13-4-2-1-3-11(13)15-12-9-20(16(21)10-5-6-10)8-7-14(12)18-19-15/h1-4,10H,5-9H2,(H,18,19). The van der Waals surface area contributed by atoms with Gasteiger partial charge >= 0.3 is 0 Å².